The van der Waals surface area contributed by atoms with E-state index in [-0.39, 0.29) is 17.6 Å². The third-order valence-corrected chi connectivity index (χ3v) is 5.34. The zero-order valence-corrected chi connectivity index (χ0v) is 17.0. The van der Waals surface area contributed by atoms with Crippen LogP contribution in [-0.2, 0) is 9.53 Å². The van der Waals surface area contributed by atoms with Crippen LogP contribution < -0.4 is 10.9 Å². The summed E-state index contributed by atoms with van der Waals surface area (Å²) in [4.78, 5) is 25.6. The van der Waals surface area contributed by atoms with Gasteiger partial charge in [0.2, 0.25) is 5.91 Å². The maximum atomic E-state index is 13.0. The maximum Gasteiger partial charge on any atom is 0.291 e. The molecule has 146 valence electrons. The van der Waals surface area contributed by atoms with Crippen LogP contribution in [-0.4, -0.2) is 39.3 Å². The molecular formula is C19H26N4O3S. The molecule has 0 aliphatic heterocycles. The summed E-state index contributed by atoms with van der Waals surface area (Å²) in [6.45, 7) is 8.81. The maximum absolute atomic E-state index is 13.0. The van der Waals surface area contributed by atoms with Crippen molar-refractivity contribution >= 4 is 33.0 Å². The van der Waals surface area contributed by atoms with E-state index in [2.05, 4.69) is 10.4 Å². The Morgan fingerprint density at radius 2 is 2.15 bits per heavy atom. The fourth-order valence-electron chi connectivity index (χ4n) is 3.20. The second-order valence-electron chi connectivity index (χ2n) is 6.82. The Morgan fingerprint density at radius 1 is 1.37 bits per heavy atom. The Kier molecular flexibility index (Phi) is 5.96. The smallest absolute Gasteiger partial charge is 0.291 e. The van der Waals surface area contributed by atoms with Crippen molar-refractivity contribution in [3.63, 3.8) is 0 Å². The van der Waals surface area contributed by atoms with Gasteiger partial charge in [0.05, 0.1) is 16.3 Å². The Morgan fingerprint density at radius 3 is 2.85 bits per heavy atom. The second-order valence-corrected chi connectivity index (χ2v) is 7.77. The number of aryl methyl sites for hydroxylation is 1. The molecule has 0 radical (unpaired) electrons. The number of hydrogen-bond donors (Lipinski definition) is 1. The molecule has 0 aliphatic carbocycles. The molecule has 1 atom stereocenters. The fraction of sp³-hybridized carbons (Fsp3) is 0.526. The Hall–Kier alpha value is -2.19. The number of hydrogen-bond acceptors (Lipinski definition) is 5. The summed E-state index contributed by atoms with van der Waals surface area (Å²) in [6, 6.07) is 3.23. The van der Waals surface area contributed by atoms with E-state index in [1.807, 2.05) is 49.6 Å². The number of carbonyl (C=O) groups excluding carboxylic acids is 1. The first kappa shape index (κ1) is 19.6. The van der Waals surface area contributed by atoms with Gasteiger partial charge in [0, 0.05) is 13.2 Å². The van der Waals surface area contributed by atoms with Crippen molar-refractivity contribution in [3.8, 4) is 0 Å². The molecule has 1 N–H and O–H groups in total. The lowest BCUT2D eigenvalue weighted by Gasteiger charge is -2.18. The molecule has 0 fully saturated rings. The van der Waals surface area contributed by atoms with Crippen LogP contribution in [0.1, 0.15) is 45.5 Å². The molecule has 1 amide bonds. The zero-order valence-electron chi connectivity index (χ0n) is 16.2. The molecule has 1 unspecified atom stereocenters. The van der Waals surface area contributed by atoms with Crippen molar-refractivity contribution in [1.82, 2.24) is 19.5 Å². The molecule has 0 saturated carbocycles. The number of nitrogens with one attached hydrogen (secondary N) is 1. The fourth-order valence-corrected chi connectivity index (χ4v) is 4.00. The van der Waals surface area contributed by atoms with E-state index in [1.165, 1.54) is 4.68 Å². The van der Waals surface area contributed by atoms with Gasteiger partial charge in [-0.25, -0.2) is 4.68 Å². The number of ether oxygens (including phenoxy) is 1. The molecular weight excluding hydrogens is 364 g/mol. The van der Waals surface area contributed by atoms with E-state index in [4.69, 9.17) is 4.74 Å². The van der Waals surface area contributed by atoms with Gasteiger partial charge in [0.15, 0.2) is 0 Å². The first-order valence-electron chi connectivity index (χ1n) is 9.31. The molecule has 27 heavy (non-hydrogen) atoms. The quantitative estimate of drug-likeness (QED) is 0.600. The van der Waals surface area contributed by atoms with E-state index in [9.17, 15) is 9.59 Å². The number of nitrogens with zero attached hydrogens (tertiary/aromatic N) is 3. The summed E-state index contributed by atoms with van der Waals surface area (Å²) in [6.07, 6.45) is 1.40. The van der Waals surface area contributed by atoms with Crippen LogP contribution in [0.3, 0.4) is 0 Å². The van der Waals surface area contributed by atoms with E-state index >= 15 is 0 Å². The Balaban J connectivity index is 1.82. The number of amides is 1. The van der Waals surface area contributed by atoms with Crippen LogP contribution in [0.15, 0.2) is 22.3 Å². The lowest BCUT2D eigenvalue weighted by Crippen LogP contribution is -2.39. The molecule has 0 aromatic carbocycles. The van der Waals surface area contributed by atoms with E-state index in [0.29, 0.717) is 30.9 Å². The van der Waals surface area contributed by atoms with Crippen LogP contribution >= 0.6 is 11.3 Å². The third kappa shape index (κ3) is 3.91. The van der Waals surface area contributed by atoms with Gasteiger partial charge in [-0.2, -0.15) is 5.10 Å². The SMILES string of the molecule is CCC(C(=O)NCCCOC(C)C)n1nc(C)n2c(cc3sccc32)c1=O. The van der Waals surface area contributed by atoms with Crippen molar-refractivity contribution in [2.24, 2.45) is 0 Å². The minimum Gasteiger partial charge on any atom is -0.379 e. The van der Waals surface area contributed by atoms with Crippen LogP contribution in [0.2, 0.25) is 0 Å². The van der Waals surface area contributed by atoms with E-state index in [0.717, 1.165) is 16.6 Å². The van der Waals surface area contributed by atoms with Crippen LogP contribution in [0.5, 0.6) is 0 Å². The Labute approximate surface area is 161 Å². The lowest BCUT2D eigenvalue weighted by molar-refractivity contribution is -0.124. The van der Waals surface area contributed by atoms with Crippen molar-refractivity contribution in [2.75, 3.05) is 13.2 Å². The van der Waals surface area contributed by atoms with Crippen molar-refractivity contribution in [3.05, 3.63) is 33.7 Å². The predicted octanol–water partition coefficient (Wildman–Crippen LogP) is 2.90. The first-order valence-corrected chi connectivity index (χ1v) is 10.2. The van der Waals surface area contributed by atoms with E-state index in [1.54, 1.807) is 11.3 Å². The highest BCUT2D eigenvalue weighted by Crippen LogP contribution is 2.24. The van der Waals surface area contributed by atoms with Gasteiger partial charge >= 0.3 is 0 Å². The highest BCUT2D eigenvalue weighted by molar-refractivity contribution is 7.17. The molecule has 8 heteroatoms. The number of carbonyl (C=O) groups is 1. The number of aromatic nitrogens is 3. The summed E-state index contributed by atoms with van der Waals surface area (Å²) in [5.41, 5.74) is 1.29. The molecule has 3 rings (SSSR count). The topological polar surface area (TPSA) is 77.6 Å². The summed E-state index contributed by atoms with van der Waals surface area (Å²) >= 11 is 1.59. The van der Waals surface area contributed by atoms with Crippen LogP contribution in [0.25, 0.3) is 15.7 Å². The van der Waals surface area contributed by atoms with Crippen molar-refractivity contribution in [1.29, 1.82) is 0 Å². The molecule has 7 nitrogen and oxygen atoms in total. The number of thiophene rings is 1. The normalized spacial score (nSPS) is 12.9. The number of fused-ring (bicyclic) bond motifs is 3. The average Bonchev–Trinajstić information content (AvgIpc) is 3.20. The highest BCUT2D eigenvalue weighted by Gasteiger charge is 2.23. The molecule has 3 aromatic rings. The van der Waals surface area contributed by atoms with Gasteiger partial charge in [-0.15, -0.1) is 11.3 Å². The summed E-state index contributed by atoms with van der Waals surface area (Å²) in [7, 11) is 0. The van der Waals surface area contributed by atoms with Crippen LogP contribution in [0.4, 0.5) is 0 Å². The highest BCUT2D eigenvalue weighted by atomic mass is 32.1. The van der Waals surface area contributed by atoms with Gasteiger partial charge in [-0.3, -0.25) is 14.0 Å². The third-order valence-electron chi connectivity index (χ3n) is 4.48. The molecule has 3 aromatic heterocycles. The molecule has 0 aliphatic rings. The molecule has 0 spiro atoms. The van der Waals surface area contributed by atoms with Gasteiger partial charge in [-0.1, -0.05) is 6.92 Å². The largest absolute Gasteiger partial charge is 0.379 e. The first-order chi connectivity index (χ1) is 12.9. The van der Waals surface area contributed by atoms with Crippen LogP contribution in [0, 0.1) is 6.92 Å². The zero-order chi connectivity index (χ0) is 19.6. The Bertz CT molecular complexity index is 1000. The van der Waals surface area contributed by atoms with Crippen molar-refractivity contribution < 1.29 is 9.53 Å². The lowest BCUT2D eigenvalue weighted by atomic mass is 10.2. The molecule has 3 heterocycles. The summed E-state index contributed by atoms with van der Waals surface area (Å²) < 4.78 is 9.71. The van der Waals surface area contributed by atoms with Gasteiger partial charge in [-0.05, 0) is 51.1 Å². The van der Waals surface area contributed by atoms with Crippen molar-refractivity contribution in [2.45, 2.75) is 52.7 Å². The minimum absolute atomic E-state index is 0.179. The monoisotopic (exact) mass is 390 g/mol. The summed E-state index contributed by atoms with van der Waals surface area (Å²) in [5, 5.41) is 9.34. The number of rotatable bonds is 8. The summed E-state index contributed by atoms with van der Waals surface area (Å²) in [5.74, 6) is 0.503. The molecule has 0 bridgehead atoms. The van der Waals surface area contributed by atoms with E-state index < -0.39 is 6.04 Å². The van der Waals surface area contributed by atoms with Gasteiger partial charge in [0.1, 0.15) is 17.4 Å². The molecule has 0 saturated heterocycles. The standard InChI is InChI=1S/C19H26N4O3S/c1-5-14(18(24)20-8-6-9-26-12(2)3)23-19(25)16-11-17-15(7-10-27-17)22(16)13(4)21-23/h7,10-12,14H,5-6,8-9H2,1-4H3,(H,20,24). The second kappa shape index (κ2) is 8.22. The van der Waals surface area contributed by atoms with Gasteiger partial charge in [0.25, 0.3) is 5.56 Å². The predicted molar refractivity (Wildman–Crippen MR) is 108 cm³/mol. The average molecular weight is 391 g/mol. The van der Waals surface area contributed by atoms with Gasteiger partial charge < -0.3 is 10.1 Å². The minimum atomic E-state index is -0.625.